The number of hydrogen-bond donors (Lipinski definition) is 2. The topological polar surface area (TPSA) is 76.1 Å². The standard InChI is InChI=1S/C22H25N3O3S2/c1-28-13-6-12-25-21(27)18-10-9-16(15-19(18)24-22(25)29)20(26)23-11-5-14-30-17-7-3-2-4-8-17/h2-4,7-10,15H,5-6,11-14H2,1H3,(H,23,26)(H,24,29). The number of benzene rings is 2. The molecule has 0 spiro atoms. The largest absolute Gasteiger partial charge is 0.385 e. The number of amides is 1. The molecule has 158 valence electrons. The number of aromatic amines is 1. The van der Waals surface area contributed by atoms with E-state index in [-0.39, 0.29) is 11.5 Å². The van der Waals surface area contributed by atoms with Crippen LogP contribution in [0.15, 0.2) is 58.2 Å². The molecule has 0 unspecified atom stereocenters. The lowest BCUT2D eigenvalue weighted by molar-refractivity contribution is 0.0954. The molecule has 3 rings (SSSR count). The molecule has 0 bridgehead atoms. The van der Waals surface area contributed by atoms with E-state index in [9.17, 15) is 9.59 Å². The molecule has 0 aliphatic heterocycles. The number of carbonyl (C=O) groups is 1. The summed E-state index contributed by atoms with van der Waals surface area (Å²) in [4.78, 5) is 29.5. The van der Waals surface area contributed by atoms with Gasteiger partial charge < -0.3 is 15.0 Å². The van der Waals surface area contributed by atoms with Gasteiger partial charge in [-0.1, -0.05) is 18.2 Å². The second-order valence-electron chi connectivity index (χ2n) is 6.76. The Kier molecular flexibility index (Phi) is 8.24. The predicted octanol–water partition coefficient (Wildman–Crippen LogP) is 4.01. The van der Waals surface area contributed by atoms with Crippen molar-refractivity contribution in [1.82, 2.24) is 14.9 Å². The third kappa shape index (κ3) is 5.81. The maximum absolute atomic E-state index is 12.7. The minimum atomic E-state index is -0.162. The maximum Gasteiger partial charge on any atom is 0.262 e. The molecule has 1 aromatic heterocycles. The Morgan fingerprint density at radius 2 is 2.00 bits per heavy atom. The summed E-state index contributed by atoms with van der Waals surface area (Å²) >= 11 is 7.10. The molecule has 2 aromatic carbocycles. The second-order valence-corrected chi connectivity index (χ2v) is 8.32. The first-order valence-electron chi connectivity index (χ1n) is 9.82. The third-order valence-corrected chi connectivity index (χ3v) is 6.01. The molecule has 8 heteroatoms. The molecular weight excluding hydrogens is 418 g/mol. The summed E-state index contributed by atoms with van der Waals surface area (Å²) in [5.74, 6) is 0.766. The molecule has 0 atom stereocenters. The average molecular weight is 444 g/mol. The minimum absolute atomic E-state index is 0.158. The van der Waals surface area contributed by atoms with Crippen LogP contribution in [-0.4, -0.2) is 41.5 Å². The zero-order valence-corrected chi connectivity index (χ0v) is 18.5. The molecule has 0 fully saturated rings. The summed E-state index contributed by atoms with van der Waals surface area (Å²) < 4.78 is 6.91. The van der Waals surface area contributed by atoms with Crippen molar-refractivity contribution < 1.29 is 9.53 Å². The summed E-state index contributed by atoms with van der Waals surface area (Å²) in [5.41, 5.74) is 0.912. The van der Waals surface area contributed by atoms with Gasteiger partial charge in [0.2, 0.25) is 0 Å². The molecule has 3 aromatic rings. The van der Waals surface area contributed by atoms with Gasteiger partial charge in [-0.05, 0) is 61.1 Å². The van der Waals surface area contributed by atoms with Crippen LogP contribution in [0.2, 0.25) is 0 Å². The SMILES string of the molecule is COCCCn1c(=S)[nH]c2cc(C(=O)NCCCSc3ccccc3)ccc2c1=O. The van der Waals surface area contributed by atoms with Crippen LogP contribution in [0.3, 0.4) is 0 Å². The van der Waals surface area contributed by atoms with Crippen molar-refractivity contribution in [2.45, 2.75) is 24.3 Å². The Morgan fingerprint density at radius 3 is 2.77 bits per heavy atom. The number of hydrogen-bond acceptors (Lipinski definition) is 5. The fourth-order valence-corrected chi connectivity index (χ4v) is 4.21. The Balaban J connectivity index is 1.60. The van der Waals surface area contributed by atoms with E-state index in [1.54, 1.807) is 37.1 Å². The average Bonchev–Trinajstić information content (AvgIpc) is 2.76. The number of ether oxygens (including phenoxy) is 1. The predicted molar refractivity (Wildman–Crippen MR) is 124 cm³/mol. The monoisotopic (exact) mass is 443 g/mol. The van der Waals surface area contributed by atoms with Crippen molar-refractivity contribution in [3.8, 4) is 0 Å². The van der Waals surface area contributed by atoms with E-state index in [0.717, 1.165) is 12.2 Å². The minimum Gasteiger partial charge on any atom is -0.385 e. The number of nitrogens with zero attached hydrogens (tertiary/aromatic N) is 1. The Hall–Kier alpha value is -2.42. The highest BCUT2D eigenvalue weighted by Crippen LogP contribution is 2.17. The van der Waals surface area contributed by atoms with Gasteiger partial charge in [-0.2, -0.15) is 0 Å². The molecule has 2 N–H and O–H groups in total. The zero-order chi connectivity index (χ0) is 21.3. The first-order chi connectivity index (χ1) is 14.6. The van der Waals surface area contributed by atoms with Gasteiger partial charge in [0.1, 0.15) is 0 Å². The molecular formula is C22H25N3O3S2. The molecule has 0 saturated heterocycles. The Labute approximate surface area is 184 Å². The van der Waals surface area contributed by atoms with E-state index < -0.39 is 0 Å². The van der Waals surface area contributed by atoms with Crippen molar-refractivity contribution >= 4 is 40.8 Å². The van der Waals surface area contributed by atoms with Crippen LogP contribution in [0.25, 0.3) is 10.9 Å². The number of thioether (sulfide) groups is 1. The van der Waals surface area contributed by atoms with Gasteiger partial charge in [-0.25, -0.2) is 0 Å². The van der Waals surface area contributed by atoms with Crippen molar-refractivity contribution in [2.75, 3.05) is 26.0 Å². The first-order valence-corrected chi connectivity index (χ1v) is 11.2. The van der Waals surface area contributed by atoms with E-state index in [1.807, 2.05) is 18.2 Å². The summed E-state index contributed by atoms with van der Waals surface area (Å²) in [6.45, 7) is 1.64. The molecule has 0 radical (unpaired) electrons. The van der Waals surface area contributed by atoms with Crippen LogP contribution in [0.4, 0.5) is 0 Å². The summed E-state index contributed by atoms with van der Waals surface area (Å²) in [5, 5.41) is 3.45. The summed E-state index contributed by atoms with van der Waals surface area (Å²) in [6, 6.07) is 15.2. The molecule has 1 amide bonds. The van der Waals surface area contributed by atoms with Gasteiger partial charge in [0.25, 0.3) is 11.5 Å². The summed E-state index contributed by atoms with van der Waals surface area (Å²) in [6.07, 6.45) is 1.57. The van der Waals surface area contributed by atoms with E-state index >= 15 is 0 Å². The van der Waals surface area contributed by atoms with Crippen LogP contribution in [0.1, 0.15) is 23.2 Å². The number of nitrogens with one attached hydrogen (secondary N) is 2. The molecule has 0 aliphatic carbocycles. The van der Waals surface area contributed by atoms with Crippen molar-refractivity contribution in [1.29, 1.82) is 0 Å². The van der Waals surface area contributed by atoms with Gasteiger partial charge in [-0.3, -0.25) is 14.2 Å². The number of methoxy groups -OCH3 is 1. The molecule has 1 heterocycles. The van der Waals surface area contributed by atoms with Crippen LogP contribution in [0.5, 0.6) is 0 Å². The molecule has 30 heavy (non-hydrogen) atoms. The maximum atomic E-state index is 12.7. The van der Waals surface area contributed by atoms with E-state index in [1.165, 1.54) is 9.46 Å². The van der Waals surface area contributed by atoms with Gasteiger partial charge >= 0.3 is 0 Å². The van der Waals surface area contributed by atoms with Crippen LogP contribution < -0.4 is 10.9 Å². The lowest BCUT2D eigenvalue weighted by Crippen LogP contribution is -2.26. The summed E-state index contributed by atoms with van der Waals surface area (Å²) in [7, 11) is 1.62. The Bertz CT molecular complexity index is 1110. The highest BCUT2D eigenvalue weighted by molar-refractivity contribution is 7.99. The van der Waals surface area contributed by atoms with E-state index in [2.05, 4.69) is 22.4 Å². The van der Waals surface area contributed by atoms with Crippen LogP contribution >= 0.6 is 24.0 Å². The van der Waals surface area contributed by atoms with Gasteiger partial charge in [0, 0.05) is 37.3 Å². The highest BCUT2D eigenvalue weighted by atomic mass is 32.2. The number of carbonyl (C=O) groups excluding carboxylic acids is 1. The number of fused-ring (bicyclic) bond motifs is 1. The number of rotatable bonds is 10. The number of aromatic nitrogens is 2. The van der Waals surface area contributed by atoms with Gasteiger partial charge in [0.15, 0.2) is 4.77 Å². The lowest BCUT2D eigenvalue weighted by atomic mass is 10.1. The quantitative estimate of drug-likeness (QED) is 0.281. The van der Waals surface area contributed by atoms with E-state index in [4.69, 9.17) is 17.0 Å². The van der Waals surface area contributed by atoms with Crippen LogP contribution in [-0.2, 0) is 11.3 Å². The van der Waals surface area contributed by atoms with Gasteiger partial charge in [0.05, 0.1) is 10.9 Å². The zero-order valence-electron chi connectivity index (χ0n) is 16.8. The van der Waals surface area contributed by atoms with Gasteiger partial charge in [-0.15, -0.1) is 11.8 Å². The fraction of sp³-hybridized carbons (Fsp3) is 0.318. The third-order valence-electron chi connectivity index (χ3n) is 4.59. The van der Waals surface area contributed by atoms with Crippen molar-refractivity contribution in [3.63, 3.8) is 0 Å². The smallest absolute Gasteiger partial charge is 0.262 e. The number of H-pyrrole nitrogens is 1. The Morgan fingerprint density at radius 1 is 1.20 bits per heavy atom. The van der Waals surface area contributed by atoms with Crippen molar-refractivity contribution in [2.24, 2.45) is 0 Å². The molecule has 0 aliphatic rings. The lowest BCUT2D eigenvalue weighted by Gasteiger charge is -2.09. The van der Waals surface area contributed by atoms with Crippen molar-refractivity contribution in [3.05, 3.63) is 69.2 Å². The molecule has 6 nitrogen and oxygen atoms in total. The fourth-order valence-electron chi connectivity index (χ4n) is 3.05. The van der Waals surface area contributed by atoms with E-state index in [0.29, 0.717) is 47.4 Å². The highest BCUT2D eigenvalue weighted by Gasteiger charge is 2.10. The second kappa shape index (κ2) is 11.1. The molecule has 0 saturated carbocycles. The normalized spacial score (nSPS) is 11.0. The first kappa shape index (κ1) is 22.3. The van der Waals surface area contributed by atoms with Crippen LogP contribution in [0, 0.1) is 4.77 Å².